The molecule has 0 saturated heterocycles. The summed E-state index contributed by atoms with van der Waals surface area (Å²) in [6, 6.07) is 38.8. The molecule has 4 saturated carbocycles. The fourth-order valence-corrected chi connectivity index (χ4v) is 221. The van der Waals surface area contributed by atoms with Crippen molar-refractivity contribution in [2.24, 2.45) is 0 Å². The van der Waals surface area contributed by atoms with Gasteiger partial charge < -0.3 is 29.6 Å². The zero-order chi connectivity index (χ0) is 59.9. The van der Waals surface area contributed by atoms with Crippen molar-refractivity contribution >= 4 is 166 Å². The summed E-state index contributed by atoms with van der Waals surface area (Å²) in [5.74, 6) is 5.94. The van der Waals surface area contributed by atoms with E-state index in [-0.39, 0.29) is 58.6 Å². The number of ether oxygens (including phenoxy) is 2. The van der Waals surface area contributed by atoms with Gasteiger partial charge in [-0.15, -0.1) is 10.2 Å². The van der Waals surface area contributed by atoms with Gasteiger partial charge in [-0.25, -0.2) is 4.85 Å². The van der Waals surface area contributed by atoms with Gasteiger partial charge in [0.2, 0.25) is 5.82 Å². The van der Waals surface area contributed by atoms with Crippen LogP contribution in [0.5, 0.6) is 11.5 Å². The van der Waals surface area contributed by atoms with E-state index in [2.05, 4.69) is 135 Å². The molecule has 4 aliphatic carbocycles. The third-order valence-electron chi connectivity index (χ3n) is 14.5. The number of hydrogen-bond acceptors (Lipinski definition) is 9. The molecule has 442 valence electrons. The summed E-state index contributed by atoms with van der Waals surface area (Å²) in [4.78, 5) is 4.97. The third-order valence-corrected chi connectivity index (χ3v) is 264. The van der Waals surface area contributed by atoms with Gasteiger partial charge in [-0.3, -0.25) is 4.91 Å². The smallest absolute Gasteiger partial charge is 0.489 e. The van der Waals surface area contributed by atoms with Gasteiger partial charge in [0.25, 0.3) is 0 Å². The molecule has 4 fully saturated rings. The number of aromatic amines is 1. The van der Waals surface area contributed by atoms with E-state index in [0.717, 1.165) is 77.9 Å². The van der Waals surface area contributed by atoms with Crippen molar-refractivity contribution in [1.82, 2.24) is 30.9 Å². The van der Waals surface area contributed by atoms with Crippen molar-refractivity contribution in [1.29, 1.82) is 0 Å². The minimum atomic E-state index is -0.285. The Morgan fingerprint density at radius 3 is 1.40 bits per heavy atom. The third kappa shape index (κ3) is 17.6. The van der Waals surface area contributed by atoms with E-state index >= 15 is 0 Å². The number of halogens is 13. The van der Waals surface area contributed by atoms with E-state index in [1.165, 1.54) is 16.0 Å². The topological polar surface area (TPSA) is 188 Å². The van der Waals surface area contributed by atoms with Crippen LogP contribution >= 0.6 is 160 Å². The molecule has 86 heavy (non-hydrogen) atoms. The summed E-state index contributed by atoms with van der Waals surface area (Å²) in [6.07, 6.45) is 6.38. The van der Waals surface area contributed by atoms with Gasteiger partial charge in [-0.1, -0.05) is 153 Å². The van der Waals surface area contributed by atoms with Crippen LogP contribution < -0.4 is 52.3 Å². The number of nitrogens with one attached hydrogen (secondary N) is 1. The zero-order valence-electron chi connectivity index (χ0n) is 44.7. The van der Waals surface area contributed by atoms with Crippen molar-refractivity contribution in [3.8, 4) is 45.4 Å². The number of hydrogen-bond donors (Lipinski definition) is 1. The molecular formula is C58H43Cl6I7N10NaO4-. The summed E-state index contributed by atoms with van der Waals surface area (Å²) < 4.78 is 23.9. The van der Waals surface area contributed by atoms with Crippen LogP contribution in [0.15, 0.2) is 130 Å². The molecule has 0 bridgehead atoms. The molecule has 0 aliphatic heterocycles. The molecule has 28 heteroatoms. The van der Waals surface area contributed by atoms with E-state index in [1.807, 2.05) is 72.8 Å². The Bertz CT molecular complexity index is 3850. The van der Waals surface area contributed by atoms with Gasteiger partial charge in [0.15, 0.2) is 5.69 Å². The van der Waals surface area contributed by atoms with Crippen molar-refractivity contribution in [2.75, 3.05) is 0 Å². The number of nitrogens with zero attached hydrogens (tertiary/aromatic N) is 9. The van der Waals surface area contributed by atoms with E-state index in [0.29, 0.717) is 124 Å². The predicted octanol–water partition coefficient (Wildman–Crippen LogP) is 18.0. The molecule has 0 spiro atoms. The van der Waals surface area contributed by atoms with Gasteiger partial charge >= 0.3 is 133 Å². The Balaban J connectivity index is 0.000000176. The van der Waals surface area contributed by atoms with Crippen LogP contribution in [0.25, 0.3) is 54.7 Å². The molecule has 4 atom stereocenters. The van der Waals surface area contributed by atoms with Gasteiger partial charge in [0, 0.05) is 38.6 Å². The first-order valence-electron chi connectivity index (χ1n) is 25.9. The number of aromatic nitrogens is 6. The Morgan fingerprint density at radius 2 is 1.05 bits per heavy atom. The van der Waals surface area contributed by atoms with Crippen molar-refractivity contribution in [3.05, 3.63) is 224 Å². The fourth-order valence-electron chi connectivity index (χ4n) is 9.99. The number of benzene rings is 6. The molecule has 13 rings (SSSR count). The average Bonchev–Trinajstić information content (AvgIpc) is 2.45. The molecule has 4 unspecified atom stereocenters. The molecule has 0 radical (unpaired) electrons. The quantitative estimate of drug-likeness (QED) is 0.0231. The van der Waals surface area contributed by atoms with Crippen molar-refractivity contribution in [2.45, 2.75) is 87.2 Å². The standard InChI is InChI=1S/C29H22Cl3N5O2.C29H21Cl3N2O2.I7.N3.Na/c30-23-2-1-3-24(31)26(23)27-22(28(39-35-27)16-6-7-16)14-38-18-10-11-19(25(32)12-18)21-13-20(21)15-4-8-17(9-5-15)29-33-36-37-34-29;1-33-18-9-7-16(8-10-18)21-14-22(21)20-12-11-19(13-26(20)32)35-15-23-28(34-36-29(23)17-5-6-17)27-24(30)3-2-4-25(27)31;1-5-7(4)6(2)3;1-3-2;/h1-5,8-12,16,20-21H,6-7,13-14H2,(H,33,34,36,37);2-4,7-13,17,21-22H,5-6,14-15H2;;;/q;;2*-1;+1. The minimum absolute atomic E-state index is 0. The molecule has 0 amide bonds. The second-order valence-corrected chi connectivity index (χ2v) is 136. The van der Waals surface area contributed by atoms with Crippen LogP contribution in [-0.2, 0) is 13.2 Å². The molecule has 3 heterocycles. The van der Waals surface area contributed by atoms with Gasteiger partial charge in [-0.2, -0.15) is 5.21 Å². The fraction of sp³-hybridized carbons (Fsp3) is 0.241. The maximum absolute atomic E-state index is 7.12. The molecule has 9 aromatic rings. The zero-order valence-corrected chi connectivity index (χ0v) is 66.4. The monoisotopic (exact) mass is 2060 g/mol. The molecule has 14 nitrogen and oxygen atoms in total. The van der Waals surface area contributed by atoms with E-state index in [4.69, 9.17) is 106 Å². The SMILES string of the molecule is Clc1cc(OCc2c(-c3c(Cl)cccc3Cl)noc2C2CC2)ccc1C1CC1c1ccc(-c2nn[nH]n2)cc1.I[I-]I(I)I(I)I.[C-]#[N+]c1ccc(C2CC2c2ccc(OCc3c(-c4c(Cl)cccc4Cl)noc3C3CC3)cc2Cl)cc1.[N-]=[N+]=[N-].[Na+]. The van der Waals surface area contributed by atoms with Crippen LogP contribution in [0.1, 0.15) is 119 Å². The van der Waals surface area contributed by atoms with Crippen LogP contribution in [0, 0.1) is 6.57 Å². The van der Waals surface area contributed by atoms with E-state index in [9.17, 15) is 0 Å². The van der Waals surface area contributed by atoms with Gasteiger partial charge in [-0.05, 0) is 138 Å². The second-order valence-electron chi connectivity index (χ2n) is 19.9. The van der Waals surface area contributed by atoms with Crippen molar-refractivity contribution < 1.29 is 61.3 Å². The minimum Gasteiger partial charge on any atom is -0.489 e. The first-order chi connectivity index (χ1) is 41.2. The average molecular weight is 2070 g/mol. The normalized spacial score (nSPS) is 17.4. The van der Waals surface area contributed by atoms with Crippen LogP contribution in [0.3, 0.4) is 0 Å². The maximum Gasteiger partial charge on any atom is 1.00 e. The summed E-state index contributed by atoms with van der Waals surface area (Å²) in [7, 11) is -0.491. The summed E-state index contributed by atoms with van der Waals surface area (Å²) >= 11 is 50.8. The number of rotatable bonds is 17. The molecular weight excluding hydrogens is 2020 g/mol. The molecule has 4 aliphatic rings. The Morgan fingerprint density at radius 1 is 0.616 bits per heavy atom. The molecule has 6 aromatic carbocycles. The summed E-state index contributed by atoms with van der Waals surface area (Å²) in [5, 5.41) is 26.3. The molecule has 1 N–H and O–H groups in total. The first kappa shape index (κ1) is 69.4. The van der Waals surface area contributed by atoms with Gasteiger partial charge in [0.1, 0.15) is 47.6 Å². The number of H-pyrrole nitrogens is 1. The largest absolute Gasteiger partial charge is 1.00 e. The molecule has 3 aromatic heterocycles. The van der Waals surface area contributed by atoms with Crippen LogP contribution in [0.4, 0.5) is 5.69 Å². The second kappa shape index (κ2) is 32.8. The number of tetrazole rings is 1. The van der Waals surface area contributed by atoms with Crippen LogP contribution in [0.2, 0.25) is 30.1 Å². The van der Waals surface area contributed by atoms with E-state index < -0.39 is 0 Å². The van der Waals surface area contributed by atoms with Crippen LogP contribution in [-0.4, -0.2) is 30.9 Å². The Labute approximate surface area is 604 Å². The van der Waals surface area contributed by atoms with Gasteiger partial charge in [0.05, 0.1) is 37.8 Å². The summed E-state index contributed by atoms with van der Waals surface area (Å²) in [6.45, 7) is 7.68. The maximum atomic E-state index is 7.12. The van der Waals surface area contributed by atoms with E-state index in [1.54, 1.807) is 24.3 Å². The first-order valence-corrected chi connectivity index (χ1v) is 65.8. The summed E-state index contributed by atoms with van der Waals surface area (Å²) in [5.41, 5.74) is 24.2. The Hall–Kier alpha value is -0.940. The van der Waals surface area contributed by atoms with Crippen molar-refractivity contribution in [3.63, 3.8) is 0 Å². The predicted molar refractivity (Wildman–Crippen MR) is 386 cm³/mol. The Kier molecular flexibility index (Phi) is 26.4.